The highest BCUT2D eigenvalue weighted by atomic mass is 32.1. The number of nitrogens with one attached hydrogen (secondary N) is 1. The van der Waals surface area contributed by atoms with Crippen LogP contribution < -0.4 is 5.32 Å². The Bertz CT molecular complexity index is 646. The van der Waals surface area contributed by atoms with Crippen molar-refractivity contribution >= 4 is 29.1 Å². The Hall–Kier alpha value is -2.48. The molecule has 3 heterocycles. The Labute approximate surface area is 136 Å². The number of imide groups is 1. The highest BCUT2D eigenvalue weighted by Crippen LogP contribution is 2.21. The summed E-state index contributed by atoms with van der Waals surface area (Å²) < 4.78 is 1.78. The summed E-state index contributed by atoms with van der Waals surface area (Å²) in [5.41, 5.74) is 0. The molecule has 0 saturated carbocycles. The maximum absolute atomic E-state index is 12.1. The fraction of sp³-hybridized carbons (Fsp3) is 0.333. The van der Waals surface area contributed by atoms with Crippen molar-refractivity contribution in [1.82, 2.24) is 20.0 Å². The van der Waals surface area contributed by atoms with E-state index in [2.05, 4.69) is 10.4 Å². The van der Waals surface area contributed by atoms with Crippen molar-refractivity contribution in [3.8, 4) is 0 Å². The van der Waals surface area contributed by atoms with E-state index in [0.29, 0.717) is 6.54 Å². The van der Waals surface area contributed by atoms with Crippen molar-refractivity contribution in [2.24, 2.45) is 0 Å². The van der Waals surface area contributed by atoms with E-state index in [1.54, 1.807) is 22.2 Å². The van der Waals surface area contributed by atoms with Crippen LogP contribution in [-0.4, -0.2) is 45.5 Å². The van der Waals surface area contributed by atoms with Crippen molar-refractivity contribution in [3.05, 3.63) is 40.8 Å². The predicted octanol–water partition coefficient (Wildman–Crippen LogP) is 0.799. The molecule has 8 heteroatoms. The number of hydrogen-bond donors (Lipinski definition) is 1. The lowest BCUT2D eigenvalue weighted by Crippen LogP contribution is -2.41. The fourth-order valence-corrected chi connectivity index (χ4v) is 3.30. The molecule has 23 heavy (non-hydrogen) atoms. The molecule has 1 aliphatic rings. The van der Waals surface area contributed by atoms with Gasteiger partial charge in [-0.25, -0.2) is 0 Å². The van der Waals surface area contributed by atoms with Crippen LogP contribution in [0.5, 0.6) is 0 Å². The van der Waals surface area contributed by atoms with Gasteiger partial charge < -0.3 is 5.32 Å². The molecule has 1 aliphatic heterocycles. The number of nitrogens with zero attached hydrogens (tertiary/aromatic N) is 3. The average molecular weight is 332 g/mol. The molecule has 1 N–H and O–H groups in total. The molecular weight excluding hydrogens is 316 g/mol. The molecule has 1 atom stereocenters. The van der Waals surface area contributed by atoms with E-state index < -0.39 is 0 Å². The molecular formula is C15H16N4O3S. The van der Waals surface area contributed by atoms with Gasteiger partial charge >= 0.3 is 0 Å². The third-order valence-corrected chi connectivity index (χ3v) is 4.64. The van der Waals surface area contributed by atoms with Gasteiger partial charge in [-0.2, -0.15) is 5.10 Å². The van der Waals surface area contributed by atoms with Crippen LogP contribution in [-0.2, 0) is 14.4 Å². The van der Waals surface area contributed by atoms with Crippen molar-refractivity contribution < 1.29 is 14.4 Å². The lowest BCUT2D eigenvalue weighted by atomic mass is 10.2. The van der Waals surface area contributed by atoms with Gasteiger partial charge in [0.1, 0.15) is 12.6 Å². The second-order valence-corrected chi connectivity index (χ2v) is 6.17. The highest BCUT2D eigenvalue weighted by molar-refractivity contribution is 7.10. The van der Waals surface area contributed by atoms with Gasteiger partial charge in [-0.15, -0.1) is 11.3 Å². The highest BCUT2D eigenvalue weighted by Gasteiger charge is 2.30. The zero-order valence-corrected chi connectivity index (χ0v) is 13.2. The van der Waals surface area contributed by atoms with Crippen LogP contribution in [0, 0.1) is 0 Å². The summed E-state index contributed by atoms with van der Waals surface area (Å²) in [7, 11) is 0. The van der Waals surface area contributed by atoms with Gasteiger partial charge in [0.2, 0.25) is 17.7 Å². The number of hydrogen-bond acceptors (Lipinski definition) is 5. The van der Waals surface area contributed by atoms with Crippen molar-refractivity contribution in [3.63, 3.8) is 0 Å². The number of rotatable bonds is 6. The Morgan fingerprint density at radius 2 is 2.09 bits per heavy atom. The van der Waals surface area contributed by atoms with Crippen LogP contribution in [0.4, 0.5) is 0 Å². The van der Waals surface area contributed by atoms with Crippen LogP contribution >= 0.6 is 11.3 Å². The van der Waals surface area contributed by atoms with Gasteiger partial charge in [-0.1, -0.05) is 6.07 Å². The third-order valence-electron chi connectivity index (χ3n) is 3.66. The topological polar surface area (TPSA) is 84.3 Å². The first-order valence-corrected chi connectivity index (χ1v) is 8.15. The minimum Gasteiger partial charge on any atom is -0.352 e. The SMILES string of the molecule is O=C(CN1C(=O)CCC1=O)NCC(c1cccs1)n1cccn1. The molecule has 0 aliphatic carbocycles. The first-order valence-electron chi connectivity index (χ1n) is 7.27. The van der Waals surface area contributed by atoms with Crippen molar-refractivity contribution in [2.45, 2.75) is 18.9 Å². The average Bonchev–Trinajstić information content (AvgIpc) is 3.27. The summed E-state index contributed by atoms with van der Waals surface area (Å²) in [5, 5.41) is 8.99. The molecule has 120 valence electrons. The summed E-state index contributed by atoms with van der Waals surface area (Å²) in [5.74, 6) is -0.915. The summed E-state index contributed by atoms with van der Waals surface area (Å²) in [6, 6.07) is 5.64. The smallest absolute Gasteiger partial charge is 0.240 e. The van der Waals surface area contributed by atoms with Gasteiger partial charge in [-0.3, -0.25) is 24.0 Å². The molecule has 0 radical (unpaired) electrons. The summed E-state index contributed by atoms with van der Waals surface area (Å²) in [6.45, 7) is 0.130. The Morgan fingerprint density at radius 1 is 1.30 bits per heavy atom. The molecule has 1 unspecified atom stereocenters. The largest absolute Gasteiger partial charge is 0.352 e. The second-order valence-electron chi connectivity index (χ2n) is 5.19. The van der Waals surface area contributed by atoms with Gasteiger partial charge in [0.05, 0.1) is 0 Å². The predicted molar refractivity (Wildman–Crippen MR) is 83.6 cm³/mol. The number of carbonyl (C=O) groups excluding carboxylic acids is 3. The Kier molecular flexibility index (Phi) is 4.52. The molecule has 1 fully saturated rings. The number of amides is 3. The van der Waals surface area contributed by atoms with Gasteiger partial charge in [0, 0.05) is 36.7 Å². The minimum absolute atomic E-state index is 0.112. The minimum atomic E-state index is -0.345. The molecule has 3 rings (SSSR count). The van der Waals surface area contributed by atoms with Crippen LogP contribution in [0.1, 0.15) is 23.8 Å². The normalized spacial score (nSPS) is 15.9. The molecule has 2 aromatic heterocycles. The first-order chi connectivity index (χ1) is 11.1. The van der Waals surface area contributed by atoms with E-state index >= 15 is 0 Å². The first kappa shape index (κ1) is 15.4. The molecule has 0 bridgehead atoms. The molecule has 0 spiro atoms. The maximum atomic E-state index is 12.1. The number of likely N-dealkylation sites (tertiary alicyclic amines) is 1. The van der Waals surface area contributed by atoms with E-state index in [1.807, 2.05) is 29.8 Å². The van der Waals surface area contributed by atoms with Gasteiger partial charge in [0.25, 0.3) is 0 Å². The Morgan fingerprint density at radius 3 is 2.70 bits per heavy atom. The van der Waals surface area contributed by atoms with E-state index in [-0.39, 0.29) is 43.1 Å². The Balaban J connectivity index is 1.62. The molecule has 2 aromatic rings. The zero-order chi connectivity index (χ0) is 16.2. The van der Waals surface area contributed by atoms with Crippen LogP contribution in [0.2, 0.25) is 0 Å². The second kappa shape index (κ2) is 6.74. The molecule has 0 aromatic carbocycles. The van der Waals surface area contributed by atoms with E-state index in [1.165, 1.54) is 0 Å². The number of aromatic nitrogens is 2. The molecule has 1 saturated heterocycles. The van der Waals surface area contributed by atoms with E-state index in [4.69, 9.17) is 0 Å². The van der Waals surface area contributed by atoms with Crippen LogP contribution in [0.15, 0.2) is 36.0 Å². The number of thiophene rings is 1. The lowest BCUT2D eigenvalue weighted by molar-refractivity contribution is -0.142. The zero-order valence-electron chi connectivity index (χ0n) is 12.3. The molecule has 3 amide bonds. The van der Waals surface area contributed by atoms with Gasteiger partial charge in [-0.05, 0) is 17.5 Å². The monoisotopic (exact) mass is 332 g/mol. The lowest BCUT2D eigenvalue weighted by Gasteiger charge is -2.18. The van der Waals surface area contributed by atoms with Crippen molar-refractivity contribution in [2.75, 3.05) is 13.1 Å². The summed E-state index contributed by atoms with van der Waals surface area (Å²) in [4.78, 5) is 37.2. The van der Waals surface area contributed by atoms with Crippen LogP contribution in [0.25, 0.3) is 0 Å². The third kappa shape index (κ3) is 3.48. The summed E-state index contributed by atoms with van der Waals surface area (Å²) >= 11 is 1.58. The fourth-order valence-electron chi connectivity index (χ4n) is 2.48. The van der Waals surface area contributed by atoms with E-state index in [9.17, 15) is 14.4 Å². The maximum Gasteiger partial charge on any atom is 0.240 e. The standard InChI is InChI=1S/C15H16N4O3S/c20-13(10-18-14(21)4-5-15(18)22)16-9-11(12-3-1-8-23-12)19-7-2-6-17-19/h1-3,6-8,11H,4-5,9-10H2,(H,16,20). The number of carbonyl (C=O) groups is 3. The van der Waals surface area contributed by atoms with E-state index in [0.717, 1.165) is 9.78 Å². The van der Waals surface area contributed by atoms with Crippen LogP contribution in [0.3, 0.4) is 0 Å². The molecule has 7 nitrogen and oxygen atoms in total. The van der Waals surface area contributed by atoms with Crippen molar-refractivity contribution in [1.29, 1.82) is 0 Å². The quantitative estimate of drug-likeness (QED) is 0.793. The van der Waals surface area contributed by atoms with Gasteiger partial charge in [0.15, 0.2) is 0 Å². The summed E-state index contributed by atoms with van der Waals surface area (Å²) in [6.07, 6.45) is 3.91.